The summed E-state index contributed by atoms with van der Waals surface area (Å²) in [5, 5.41) is 12.6. The minimum Gasteiger partial charge on any atom is -0.493 e. The summed E-state index contributed by atoms with van der Waals surface area (Å²) in [4.78, 5) is 62.9. The molecule has 398 valence electrons. The van der Waals surface area contributed by atoms with Gasteiger partial charge in [-0.05, 0) is 108 Å². The molecule has 4 heterocycles. The van der Waals surface area contributed by atoms with Crippen molar-refractivity contribution in [2.75, 3.05) is 57.9 Å². The predicted molar refractivity (Wildman–Crippen MR) is 295 cm³/mol. The molecule has 4 atom stereocenters. The SMILES string of the molecule is COc1cc2c(cc1OCCCOc1cc3c(cc1OC)C(=O)N1C=C(c4ccc(NC(=O)[C@H](C)NC(=O)[C@@H](NCOCC5c6ccccc6-c6ccccc65)C(C)C)cc4)C[C@H]1CN3)N=C[C@@H]1CC(C3CC3)=CN1C2=O. The third-order valence-corrected chi connectivity index (χ3v) is 15.5. The van der Waals surface area contributed by atoms with Gasteiger partial charge in [0.2, 0.25) is 11.8 Å². The Morgan fingerprint density at radius 2 is 1.40 bits per heavy atom. The molecule has 11 rings (SSSR count). The summed E-state index contributed by atoms with van der Waals surface area (Å²) in [6.45, 7) is 7.35. The van der Waals surface area contributed by atoms with E-state index in [4.69, 9.17) is 28.7 Å². The summed E-state index contributed by atoms with van der Waals surface area (Å²) in [5.74, 6) is 1.63. The van der Waals surface area contributed by atoms with Crippen LogP contribution in [0.1, 0.15) is 96.2 Å². The summed E-state index contributed by atoms with van der Waals surface area (Å²) in [6.07, 6.45) is 10.1. The molecule has 2 aliphatic carbocycles. The largest absolute Gasteiger partial charge is 0.493 e. The second-order valence-electron chi connectivity index (χ2n) is 20.9. The zero-order valence-corrected chi connectivity index (χ0v) is 44.1. The monoisotopic (exact) mass is 1040 g/mol. The molecule has 16 nitrogen and oxygen atoms in total. The molecule has 0 aromatic heterocycles. The molecule has 5 aromatic rings. The fraction of sp³-hybridized carbons (Fsp3) is 0.361. The molecule has 0 spiro atoms. The number of nitrogens with one attached hydrogen (secondary N) is 4. The lowest BCUT2D eigenvalue weighted by Gasteiger charge is -2.24. The standard InChI is InChI=1S/C61H65N7O9/c1-35(2)57(64-34-75-33-50-46-13-8-6-11-44(46)45-12-7-9-14-47(45)50)59(70)65-36(3)58(69)66-41-19-17-38(18-20-41)40-24-43-30-63-52-28-56(54(74-5)26-49(52)61(72)68(43)32-40)77-22-10-21-76-55-27-51-48(25-53(55)73-4)60(71)67-31-39(37-15-16-37)23-42(67)29-62-51/h6-9,11-14,17-20,25-29,31-32,35-37,42-43,50,57,63-64H,10,15-16,21-24,30,33-34H2,1-5H3,(H,65,70)(H,66,69)/t36-,42-,43-,57-/m0/s1. The Hall–Kier alpha value is -7.95. The van der Waals surface area contributed by atoms with Gasteiger partial charge in [0.25, 0.3) is 11.8 Å². The van der Waals surface area contributed by atoms with E-state index in [1.54, 1.807) is 49.1 Å². The Balaban J connectivity index is 0.650. The summed E-state index contributed by atoms with van der Waals surface area (Å²) >= 11 is 0. The van der Waals surface area contributed by atoms with E-state index in [1.807, 2.05) is 62.8 Å². The van der Waals surface area contributed by atoms with E-state index in [2.05, 4.69) is 69.8 Å². The first kappa shape index (κ1) is 51.2. The molecule has 1 fully saturated rings. The fourth-order valence-electron chi connectivity index (χ4n) is 11.1. The van der Waals surface area contributed by atoms with Gasteiger partial charge in [-0.15, -0.1) is 0 Å². The minimum absolute atomic E-state index is 0.0589. The lowest BCUT2D eigenvalue weighted by atomic mass is 9.98. The summed E-state index contributed by atoms with van der Waals surface area (Å²) in [6, 6.07) is 29.7. The number of carbonyl (C=O) groups is 4. The molecule has 4 amide bonds. The second kappa shape index (κ2) is 22.0. The molecule has 6 aliphatic rings. The van der Waals surface area contributed by atoms with E-state index in [1.165, 1.54) is 40.7 Å². The molecule has 0 radical (unpaired) electrons. The first-order valence-electron chi connectivity index (χ1n) is 26.7. The number of ether oxygens (including phenoxy) is 5. The van der Waals surface area contributed by atoms with Gasteiger partial charge in [-0.25, -0.2) is 0 Å². The number of nitrogens with zero attached hydrogens (tertiary/aromatic N) is 3. The summed E-state index contributed by atoms with van der Waals surface area (Å²) in [5.41, 5.74) is 10.9. The van der Waals surface area contributed by atoms with Crippen LogP contribution < -0.4 is 40.2 Å². The van der Waals surface area contributed by atoms with Crippen molar-refractivity contribution in [1.29, 1.82) is 0 Å². The van der Waals surface area contributed by atoms with E-state index in [9.17, 15) is 19.2 Å². The van der Waals surface area contributed by atoms with Crippen molar-refractivity contribution in [3.05, 3.63) is 143 Å². The Bertz CT molecular complexity index is 3160. The third kappa shape index (κ3) is 10.5. The molecule has 0 unspecified atom stereocenters. The van der Waals surface area contributed by atoms with Crippen molar-refractivity contribution in [2.45, 2.75) is 83.0 Å². The Morgan fingerprint density at radius 3 is 2.08 bits per heavy atom. The van der Waals surface area contributed by atoms with E-state index in [-0.39, 0.29) is 54.3 Å². The number of rotatable bonds is 20. The lowest BCUT2D eigenvalue weighted by molar-refractivity contribution is -0.128. The van der Waals surface area contributed by atoms with Crippen LogP contribution in [0.5, 0.6) is 23.0 Å². The van der Waals surface area contributed by atoms with E-state index < -0.39 is 12.1 Å². The van der Waals surface area contributed by atoms with Crippen molar-refractivity contribution in [2.24, 2.45) is 16.8 Å². The number of anilines is 2. The number of fused-ring (bicyclic) bond motifs is 7. The highest BCUT2D eigenvalue weighted by molar-refractivity contribution is 6.05. The van der Waals surface area contributed by atoms with E-state index in [0.29, 0.717) is 96.3 Å². The second-order valence-corrected chi connectivity index (χ2v) is 20.9. The number of hydrogen-bond acceptors (Lipinski definition) is 12. The van der Waals surface area contributed by atoms with Crippen molar-refractivity contribution in [3.63, 3.8) is 0 Å². The number of amides is 4. The Kier molecular flexibility index (Phi) is 14.6. The van der Waals surface area contributed by atoms with E-state index >= 15 is 0 Å². The van der Waals surface area contributed by atoms with Gasteiger partial charge in [0.05, 0.1) is 81.4 Å². The topological polar surface area (TPSA) is 181 Å². The van der Waals surface area contributed by atoms with E-state index in [0.717, 1.165) is 17.6 Å². The number of benzene rings is 5. The highest BCUT2D eigenvalue weighted by Gasteiger charge is 2.39. The van der Waals surface area contributed by atoms with Gasteiger partial charge in [-0.1, -0.05) is 74.5 Å². The first-order chi connectivity index (χ1) is 37.5. The van der Waals surface area contributed by atoms with Crippen LogP contribution >= 0.6 is 0 Å². The van der Waals surface area contributed by atoms with Crippen molar-refractivity contribution in [3.8, 4) is 34.1 Å². The fourth-order valence-corrected chi connectivity index (χ4v) is 11.1. The van der Waals surface area contributed by atoms with Crippen LogP contribution in [-0.4, -0.2) is 111 Å². The van der Waals surface area contributed by atoms with Crippen LogP contribution in [0.4, 0.5) is 17.1 Å². The molecule has 1 saturated carbocycles. The molecular formula is C61H65N7O9. The highest BCUT2D eigenvalue weighted by atomic mass is 16.5. The van der Waals surface area contributed by atoms with Crippen LogP contribution in [0.15, 0.2) is 120 Å². The van der Waals surface area contributed by atoms with Gasteiger partial charge < -0.3 is 49.4 Å². The van der Waals surface area contributed by atoms with Gasteiger partial charge >= 0.3 is 0 Å². The van der Waals surface area contributed by atoms with Gasteiger partial charge in [-0.3, -0.25) is 29.5 Å². The molecule has 4 aliphatic heterocycles. The zero-order chi connectivity index (χ0) is 53.3. The smallest absolute Gasteiger partial charge is 0.260 e. The normalized spacial score (nSPS) is 18.8. The van der Waals surface area contributed by atoms with Gasteiger partial charge in [0, 0.05) is 55.3 Å². The first-order valence-corrected chi connectivity index (χ1v) is 26.7. The molecule has 16 heteroatoms. The third-order valence-electron chi connectivity index (χ3n) is 15.5. The highest BCUT2D eigenvalue weighted by Crippen LogP contribution is 2.46. The maximum atomic E-state index is 14.2. The van der Waals surface area contributed by atoms with Crippen LogP contribution in [0.2, 0.25) is 0 Å². The molecule has 5 aromatic carbocycles. The number of aliphatic imine (C=N–C) groups is 1. The molecular weight excluding hydrogens is 975 g/mol. The summed E-state index contributed by atoms with van der Waals surface area (Å²) in [7, 11) is 3.10. The lowest BCUT2D eigenvalue weighted by Crippen LogP contribution is -2.52. The van der Waals surface area contributed by atoms with Gasteiger partial charge in [0.1, 0.15) is 6.04 Å². The molecule has 0 bridgehead atoms. The Labute approximate surface area is 448 Å². The maximum Gasteiger partial charge on any atom is 0.260 e. The minimum atomic E-state index is -0.804. The summed E-state index contributed by atoms with van der Waals surface area (Å²) < 4.78 is 29.9. The Morgan fingerprint density at radius 1 is 0.740 bits per heavy atom. The molecule has 0 saturated heterocycles. The molecule has 77 heavy (non-hydrogen) atoms. The average molecular weight is 1040 g/mol. The van der Waals surface area contributed by atoms with Gasteiger partial charge in [-0.2, -0.15) is 0 Å². The number of carbonyl (C=O) groups excluding carboxylic acids is 4. The number of hydrogen-bond donors (Lipinski definition) is 4. The van der Waals surface area contributed by atoms with Crippen LogP contribution in [-0.2, 0) is 14.3 Å². The zero-order valence-electron chi connectivity index (χ0n) is 44.1. The van der Waals surface area contributed by atoms with Crippen LogP contribution in [0, 0.1) is 11.8 Å². The predicted octanol–water partition coefficient (Wildman–Crippen LogP) is 9.30. The van der Waals surface area contributed by atoms with Crippen LogP contribution in [0.25, 0.3) is 16.7 Å². The van der Waals surface area contributed by atoms with Gasteiger partial charge in [0.15, 0.2) is 23.0 Å². The molecule has 4 N–H and O–H groups in total. The maximum absolute atomic E-state index is 14.2. The van der Waals surface area contributed by atoms with Crippen LogP contribution in [0.3, 0.4) is 0 Å². The number of methoxy groups -OCH3 is 2. The van der Waals surface area contributed by atoms with Crippen molar-refractivity contribution >= 4 is 52.5 Å². The average Bonchev–Trinajstić information content (AvgIpc) is 4.01. The van der Waals surface area contributed by atoms with Crippen molar-refractivity contribution in [1.82, 2.24) is 20.4 Å². The van der Waals surface area contributed by atoms with Crippen molar-refractivity contribution < 1.29 is 42.9 Å². The quantitative estimate of drug-likeness (QED) is 0.0431.